The van der Waals surface area contributed by atoms with Gasteiger partial charge in [-0.1, -0.05) is 0 Å². The first-order valence-electron chi connectivity index (χ1n) is 7.06. The maximum Gasteiger partial charge on any atom is 0.338 e. The van der Waals surface area contributed by atoms with Gasteiger partial charge < -0.3 is 14.8 Å². The average molecular weight is 488 g/mol. The standard InChI is InChI=1S/C16H12Br2N2O6/c1-25-11-4-2-9(3-5-11)16(22)26-8-14(21)19-15-12(17)6-10(20(23)24)7-13(15)18/h2-7H,8H2,1H3,(H,19,21). The number of carbonyl (C=O) groups is 2. The molecule has 10 heteroatoms. The van der Waals surface area contributed by atoms with Crippen LogP contribution in [-0.2, 0) is 9.53 Å². The van der Waals surface area contributed by atoms with Gasteiger partial charge >= 0.3 is 5.97 Å². The maximum absolute atomic E-state index is 12.0. The van der Waals surface area contributed by atoms with Crippen molar-refractivity contribution in [2.75, 3.05) is 19.0 Å². The second kappa shape index (κ2) is 8.77. The van der Waals surface area contributed by atoms with Crippen molar-refractivity contribution in [1.82, 2.24) is 0 Å². The minimum atomic E-state index is -0.662. The summed E-state index contributed by atoms with van der Waals surface area (Å²) in [5.41, 5.74) is 0.421. The van der Waals surface area contributed by atoms with Crippen LogP contribution in [0.2, 0.25) is 0 Å². The molecule has 136 valence electrons. The summed E-state index contributed by atoms with van der Waals surface area (Å²) >= 11 is 6.31. The Labute approximate surface area is 164 Å². The number of rotatable bonds is 6. The van der Waals surface area contributed by atoms with Gasteiger partial charge in [-0.2, -0.15) is 0 Å². The van der Waals surface area contributed by atoms with Crippen molar-refractivity contribution in [3.63, 3.8) is 0 Å². The number of hydrogen-bond donors (Lipinski definition) is 1. The summed E-state index contributed by atoms with van der Waals surface area (Å²) in [4.78, 5) is 34.2. The molecule has 0 bridgehead atoms. The van der Waals surface area contributed by atoms with E-state index in [0.29, 0.717) is 20.4 Å². The molecule has 2 aromatic carbocycles. The Balaban J connectivity index is 1.98. The third-order valence-corrected chi connectivity index (χ3v) is 4.41. The molecule has 8 nitrogen and oxygen atoms in total. The summed E-state index contributed by atoms with van der Waals surface area (Å²) < 4.78 is 10.6. The largest absolute Gasteiger partial charge is 0.497 e. The number of hydrogen-bond acceptors (Lipinski definition) is 6. The van der Waals surface area contributed by atoms with Gasteiger partial charge in [-0.25, -0.2) is 4.79 Å². The van der Waals surface area contributed by atoms with Gasteiger partial charge in [0.15, 0.2) is 6.61 Å². The second-order valence-corrected chi connectivity index (χ2v) is 6.60. The Morgan fingerprint density at radius 2 is 1.73 bits per heavy atom. The minimum absolute atomic E-state index is 0.146. The lowest BCUT2D eigenvalue weighted by Crippen LogP contribution is -2.21. The topological polar surface area (TPSA) is 108 Å². The molecule has 0 unspecified atom stereocenters. The Hall–Kier alpha value is -2.46. The number of amides is 1. The highest BCUT2D eigenvalue weighted by Crippen LogP contribution is 2.35. The normalized spacial score (nSPS) is 10.1. The van der Waals surface area contributed by atoms with Crippen LogP contribution in [0, 0.1) is 10.1 Å². The number of nitro benzene ring substituents is 1. The van der Waals surface area contributed by atoms with E-state index in [1.165, 1.54) is 31.4 Å². The number of methoxy groups -OCH3 is 1. The van der Waals surface area contributed by atoms with E-state index in [2.05, 4.69) is 37.2 Å². The Morgan fingerprint density at radius 3 is 2.23 bits per heavy atom. The Morgan fingerprint density at radius 1 is 1.15 bits per heavy atom. The molecule has 26 heavy (non-hydrogen) atoms. The summed E-state index contributed by atoms with van der Waals surface area (Å²) in [5.74, 6) is -0.668. The summed E-state index contributed by atoms with van der Waals surface area (Å²) in [7, 11) is 1.51. The molecule has 1 N–H and O–H groups in total. The van der Waals surface area contributed by atoms with E-state index in [9.17, 15) is 19.7 Å². The predicted octanol–water partition coefficient (Wildman–Crippen LogP) is 3.92. The molecule has 0 atom stereocenters. The Bertz CT molecular complexity index is 831. The highest BCUT2D eigenvalue weighted by atomic mass is 79.9. The van der Waals surface area contributed by atoms with E-state index in [0.717, 1.165) is 0 Å². The molecule has 0 fully saturated rings. The van der Waals surface area contributed by atoms with Gasteiger partial charge in [0.05, 0.1) is 23.3 Å². The molecule has 1 amide bonds. The molecular formula is C16H12Br2N2O6. The Kier molecular flexibility index (Phi) is 6.70. The van der Waals surface area contributed by atoms with Crippen LogP contribution in [-0.4, -0.2) is 30.5 Å². The number of halogens is 2. The number of nitrogens with one attached hydrogen (secondary N) is 1. The van der Waals surface area contributed by atoms with Crippen LogP contribution in [0.5, 0.6) is 5.75 Å². The first-order chi connectivity index (χ1) is 12.3. The lowest BCUT2D eigenvalue weighted by atomic mass is 10.2. The smallest absolute Gasteiger partial charge is 0.338 e. The number of anilines is 1. The minimum Gasteiger partial charge on any atom is -0.497 e. The second-order valence-electron chi connectivity index (χ2n) is 4.89. The quantitative estimate of drug-likeness (QED) is 0.375. The van der Waals surface area contributed by atoms with E-state index < -0.39 is 23.4 Å². The van der Waals surface area contributed by atoms with Crippen molar-refractivity contribution in [3.8, 4) is 5.75 Å². The van der Waals surface area contributed by atoms with Gasteiger partial charge in [-0.3, -0.25) is 14.9 Å². The predicted molar refractivity (Wildman–Crippen MR) is 100 cm³/mol. The zero-order valence-corrected chi connectivity index (χ0v) is 16.5. The molecule has 0 aromatic heterocycles. The zero-order valence-electron chi connectivity index (χ0n) is 13.3. The molecule has 0 aliphatic heterocycles. The number of benzene rings is 2. The molecule has 0 radical (unpaired) electrons. The molecule has 0 aliphatic carbocycles. The lowest BCUT2D eigenvalue weighted by Gasteiger charge is -2.10. The number of nitro groups is 1. The fraction of sp³-hybridized carbons (Fsp3) is 0.125. The van der Waals surface area contributed by atoms with E-state index in [4.69, 9.17) is 9.47 Å². The van der Waals surface area contributed by atoms with Crippen molar-refractivity contribution in [2.24, 2.45) is 0 Å². The highest BCUT2D eigenvalue weighted by molar-refractivity contribution is 9.11. The zero-order chi connectivity index (χ0) is 19.3. The number of non-ortho nitro benzene ring substituents is 1. The van der Waals surface area contributed by atoms with Crippen LogP contribution in [0.3, 0.4) is 0 Å². The summed E-state index contributed by atoms with van der Waals surface area (Å²) in [6.07, 6.45) is 0. The van der Waals surface area contributed by atoms with Gasteiger partial charge in [0.2, 0.25) is 0 Å². The molecule has 0 spiro atoms. The summed E-state index contributed by atoms with van der Waals surface area (Å²) in [5, 5.41) is 13.3. The van der Waals surface area contributed by atoms with Gasteiger partial charge in [0.1, 0.15) is 5.75 Å². The summed E-state index contributed by atoms with van der Waals surface area (Å²) in [6.45, 7) is -0.513. The molecular weight excluding hydrogens is 476 g/mol. The SMILES string of the molecule is COc1ccc(C(=O)OCC(=O)Nc2c(Br)cc([N+](=O)[O-])cc2Br)cc1. The van der Waals surface area contributed by atoms with Crippen LogP contribution in [0.4, 0.5) is 11.4 Å². The molecule has 2 aromatic rings. The molecule has 2 rings (SSSR count). The summed E-state index contributed by atoms with van der Waals surface area (Å²) in [6, 6.07) is 8.74. The van der Waals surface area contributed by atoms with Crippen molar-refractivity contribution in [3.05, 3.63) is 61.0 Å². The maximum atomic E-state index is 12.0. The third-order valence-electron chi connectivity index (χ3n) is 3.16. The van der Waals surface area contributed by atoms with Crippen LogP contribution in [0.15, 0.2) is 45.3 Å². The molecule has 0 saturated heterocycles. The van der Waals surface area contributed by atoms with Gasteiger partial charge in [0.25, 0.3) is 11.6 Å². The van der Waals surface area contributed by atoms with Gasteiger partial charge in [-0.05, 0) is 56.1 Å². The fourth-order valence-corrected chi connectivity index (χ4v) is 3.26. The molecule has 0 aliphatic rings. The van der Waals surface area contributed by atoms with Crippen LogP contribution in [0.1, 0.15) is 10.4 Å². The average Bonchev–Trinajstić information content (AvgIpc) is 2.62. The van der Waals surface area contributed by atoms with E-state index in [1.807, 2.05) is 0 Å². The van der Waals surface area contributed by atoms with E-state index in [1.54, 1.807) is 12.1 Å². The van der Waals surface area contributed by atoms with Crippen LogP contribution >= 0.6 is 31.9 Å². The lowest BCUT2D eigenvalue weighted by molar-refractivity contribution is -0.385. The monoisotopic (exact) mass is 486 g/mol. The molecule has 0 heterocycles. The van der Waals surface area contributed by atoms with Crippen LogP contribution < -0.4 is 10.1 Å². The van der Waals surface area contributed by atoms with E-state index in [-0.39, 0.29) is 11.3 Å². The van der Waals surface area contributed by atoms with Crippen molar-refractivity contribution in [2.45, 2.75) is 0 Å². The number of esters is 1. The third kappa shape index (κ3) is 5.02. The number of nitrogens with zero attached hydrogens (tertiary/aromatic N) is 1. The van der Waals surface area contributed by atoms with Crippen molar-refractivity contribution >= 4 is 55.1 Å². The van der Waals surface area contributed by atoms with Crippen molar-refractivity contribution in [1.29, 1.82) is 0 Å². The van der Waals surface area contributed by atoms with Crippen LogP contribution in [0.25, 0.3) is 0 Å². The van der Waals surface area contributed by atoms with Crippen molar-refractivity contribution < 1.29 is 24.0 Å². The highest BCUT2D eigenvalue weighted by Gasteiger charge is 2.17. The number of ether oxygens (including phenoxy) is 2. The molecule has 0 saturated carbocycles. The van der Waals surface area contributed by atoms with E-state index >= 15 is 0 Å². The first kappa shape index (κ1) is 19.9. The fourth-order valence-electron chi connectivity index (χ4n) is 1.90. The van der Waals surface area contributed by atoms with Gasteiger partial charge in [-0.15, -0.1) is 0 Å². The number of carbonyl (C=O) groups excluding carboxylic acids is 2. The first-order valence-corrected chi connectivity index (χ1v) is 8.65. The van der Waals surface area contributed by atoms with Gasteiger partial charge in [0, 0.05) is 21.1 Å².